The van der Waals surface area contributed by atoms with E-state index in [1.165, 1.54) is 6.20 Å². The van der Waals surface area contributed by atoms with Crippen LogP contribution in [0.4, 0.5) is 13.2 Å². The van der Waals surface area contributed by atoms with E-state index in [4.69, 9.17) is 0 Å². The van der Waals surface area contributed by atoms with Gasteiger partial charge in [-0.2, -0.15) is 13.2 Å². The zero-order valence-electron chi connectivity index (χ0n) is 8.96. The summed E-state index contributed by atoms with van der Waals surface area (Å²) < 4.78 is 36.9. The Morgan fingerprint density at radius 3 is 2.56 bits per heavy atom. The van der Waals surface area contributed by atoms with Gasteiger partial charge in [-0.15, -0.1) is 0 Å². The van der Waals surface area contributed by atoms with E-state index in [-0.39, 0.29) is 0 Å². The van der Waals surface area contributed by atoms with Crippen molar-refractivity contribution in [2.75, 3.05) is 20.1 Å². The quantitative estimate of drug-likeness (QED) is 0.737. The van der Waals surface area contributed by atoms with Gasteiger partial charge in [0.2, 0.25) is 0 Å². The van der Waals surface area contributed by atoms with Crippen LogP contribution in [0.3, 0.4) is 0 Å². The topological polar surface area (TPSA) is 16.1 Å². The molecule has 5 heteroatoms. The molecule has 0 N–H and O–H groups in total. The number of pyridine rings is 1. The van der Waals surface area contributed by atoms with E-state index >= 15 is 0 Å². The van der Waals surface area contributed by atoms with Gasteiger partial charge < -0.3 is 4.90 Å². The summed E-state index contributed by atoms with van der Waals surface area (Å²) in [5, 5.41) is 0. The number of halogens is 3. The lowest BCUT2D eigenvalue weighted by atomic mass is 10.0. The smallest absolute Gasteiger partial charge is 0.306 e. The van der Waals surface area contributed by atoms with Crippen molar-refractivity contribution in [1.82, 2.24) is 9.88 Å². The molecule has 1 fully saturated rings. The Morgan fingerprint density at radius 1 is 1.38 bits per heavy atom. The maximum absolute atomic E-state index is 12.3. The number of rotatable bonds is 1. The molecule has 16 heavy (non-hydrogen) atoms. The highest BCUT2D eigenvalue weighted by molar-refractivity contribution is 5.21. The minimum absolute atomic E-state index is 0.319. The number of hydrogen-bond acceptors (Lipinski definition) is 2. The molecular formula is C11H13F3N2. The first-order valence-electron chi connectivity index (χ1n) is 5.18. The maximum atomic E-state index is 12.3. The average molecular weight is 230 g/mol. The predicted octanol–water partition coefficient (Wildman–Crippen LogP) is 2.52. The van der Waals surface area contributed by atoms with Gasteiger partial charge in [0.05, 0.1) is 0 Å². The van der Waals surface area contributed by atoms with Crippen LogP contribution in [0.1, 0.15) is 23.6 Å². The first-order valence-corrected chi connectivity index (χ1v) is 5.18. The van der Waals surface area contributed by atoms with Crippen LogP contribution in [0.5, 0.6) is 0 Å². The molecule has 0 bridgehead atoms. The second-order valence-electron chi connectivity index (χ2n) is 4.22. The zero-order valence-corrected chi connectivity index (χ0v) is 8.96. The molecule has 0 spiro atoms. The lowest BCUT2D eigenvalue weighted by molar-refractivity contribution is -0.141. The standard InChI is InChI=1S/C11H13F3N2/c1-16-5-4-9(7-16)8-2-3-10(15-6-8)11(12,13)14/h2-3,6,9H,4-5,7H2,1H3/t9-/m0/s1. The lowest BCUT2D eigenvalue weighted by Crippen LogP contribution is -2.13. The molecule has 1 saturated heterocycles. The van der Waals surface area contributed by atoms with Crippen molar-refractivity contribution < 1.29 is 13.2 Å². The highest BCUT2D eigenvalue weighted by Gasteiger charge is 2.32. The molecule has 2 nitrogen and oxygen atoms in total. The lowest BCUT2D eigenvalue weighted by Gasteiger charge is -2.11. The molecule has 0 amide bonds. The maximum Gasteiger partial charge on any atom is 0.433 e. The Labute approximate surface area is 92.1 Å². The zero-order chi connectivity index (χ0) is 11.8. The molecule has 0 radical (unpaired) electrons. The van der Waals surface area contributed by atoms with Gasteiger partial charge in [-0.3, -0.25) is 4.98 Å². The second kappa shape index (κ2) is 4.05. The molecule has 0 aliphatic carbocycles. The van der Waals surface area contributed by atoms with Gasteiger partial charge in [-0.25, -0.2) is 0 Å². The molecule has 2 heterocycles. The number of hydrogen-bond donors (Lipinski definition) is 0. The number of aromatic nitrogens is 1. The Bertz CT molecular complexity index is 358. The van der Waals surface area contributed by atoms with Gasteiger partial charge in [0.25, 0.3) is 0 Å². The van der Waals surface area contributed by atoms with E-state index in [2.05, 4.69) is 9.88 Å². The van der Waals surface area contributed by atoms with E-state index < -0.39 is 11.9 Å². The number of likely N-dealkylation sites (N-methyl/N-ethyl adjacent to an activating group) is 1. The second-order valence-corrected chi connectivity index (χ2v) is 4.22. The van der Waals surface area contributed by atoms with Gasteiger partial charge in [0.15, 0.2) is 0 Å². The molecule has 88 valence electrons. The van der Waals surface area contributed by atoms with Crippen LogP contribution < -0.4 is 0 Å². The molecule has 1 aromatic heterocycles. The summed E-state index contributed by atoms with van der Waals surface area (Å²) in [6, 6.07) is 2.60. The van der Waals surface area contributed by atoms with Crippen molar-refractivity contribution in [2.45, 2.75) is 18.5 Å². The summed E-state index contributed by atoms with van der Waals surface area (Å²) in [4.78, 5) is 5.65. The first kappa shape index (κ1) is 11.4. The van der Waals surface area contributed by atoms with Gasteiger partial charge in [-0.05, 0) is 37.6 Å². The molecule has 1 aliphatic rings. The monoisotopic (exact) mass is 230 g/mol. The van der Waals surface area contributed by atoms with Gasteiger partial charge in [0.1, 0.15) is 5.69 Å². The van der Waals surface area contributed by atoms with Crippen LogP contribution >= 0.6 is 0 Å². The highest BCUT2D eigenvalue weighted by atomic mass is 19.4. The predicted molar refractivity (Wildman–Crippen MR) is 54.1 cm³/mol. The van der Waals surface area contributed by atoms with Crippen LogP contribution in [0.15, 0.2) is 18.3 Å². The summed E-state index contributed by atoms with van der Waals surface area (Å²) in [6.07, 6.45) is -2.00. The van der Waals surface area contributed by atoms with E-state index in [1.54, 1.807) is 6.07 Å². The molecule has 2 rings (SSSR count). The molecule has 0 aromatic carbocycles. The Hall–Kier alpha value is -1.10. The third-order valence-corrected chi connectivity index (χ3v) is 2.94. The van der Waals surface area contributed by atoms with Crippen molar-refractivity contribution in [3.8, 4) is 0 Å². The SMILES string of the molecule is CN1CC[C@H](c2ccc(C(F)(F)F)nc2)C1. The van der Waals surface area contributed by atoms with E-state index in [1.807, 2.05) is 7.05 Å². The molecule has 0 saturated carbocycles. The molecule has 1 atom stereocenters. The fourth-order valence-corrected chi connectivity index (χ4v) is 2.02. The van der Waals surface area contributed by atoms with Crippen LogP contribution in [-0.2, 0) is 6.18 Å². The average Bonchev–Trinajstić information content (AvgIpc) is 2.64. The molecular weight excluding hydrogens is 217 g/mol. The van der Waals surface area contributed by atoms with E-state index in [0.717, 1.165) is 31.1 Å². The number of alkyl halides is 3. The van der Waals surface area contributed by atoms with Crippen molar-refractivity contribution in [3.63, 3.8) is 0 Å². The minimum atomic E-state index is -4.34. The summed E-state index contributed by atoms with van der Waals surface area (Å²) in [6.45, 7) is 1.89. The Kier molecular flexibility index (Phi) is 2.88. The van der Waals surface area contributed by atoms with Gasteiger partial charge in [0, 0.05) is 12.7 Å². The van der Waals surface area contributed by atoms with E-state index in [0.29, 0.717) is 5.92 Å². The largest absolute Gasteiger partial charge is 0.433 e. The van der Waals surface area contributed by atoms with Gasteiger partial charge >= 0.3 is 6.18 Å². The minimum Gasteiger partial charge on any atom is -0.306 e. The normalized spacial score (nSPS) is 22.6. The molecule has 1 aromatic rings. The first-order chi connectivity index (χ1) is 7.47. The third kappa shape index (κ3) is 2.35. The van der Waals surface area contributed by atoms with Crippen LogP contribution in [0, 0.1) is 0 Å². The summed E-state index contributed by atoms with van der Waals surface area (Å²) in [5.41, 5.74) is 0.0833. The van der Waals surface area contributed by atoms with Crippen molar-refractivity contribution in [3.05, 3.63) is 29.6 Å². The van der Waals surface area contributed by atoms with Crippen molar-refractivity contribution in [2.24, 2.45) is 0 Å². The van der Waals surface area contributed by atoms with Crippen LogP contribution in [0.25, 0.3) is 0 Å². The summed E-state index contributed by atoms with van der Waals surface area (Å²) in [7, 11) is 2.01. The number of nitrogens with zero attached hydrogens (tertiary/aromatic N) is 2. The fraction of sp³-hybridized carbons (Fsp3) is 0.545. The Morgan fingerprint density at radius 2 is 2.12 bits per heavy atom. The molecule has 0 unspecified atom stereocenters. The highest BCUT2D eigenvalue weighted by Crippen LogP contribution is 2.30. The van der Waals surface area contributed by atoms with Crippen molar-refractivity contribution >= 4 is 0 Å². The van der Waals surface area contributed by atoms with Gasteiger partial charge in [-0.1, -0.05) is 6.07 Å². The van der Waals surface area contributed by atoms with Crippen LogP contribution in [0.2, 0.25) is 0 Å². The number of likely N-dealkylation sites (tertiary alicyclic amines) is 1. The summed E-state index contributed by atoms with van der Waals surface area (Å²) in [5.74, 6) is 0.319. The Balaban J connectivity index is 2.14. The van der Waals surface area contributed by atoms with Crippen LogP contribution in [-0.4, -0.2) is 30.0 Å². The van der Waals surface area contributed by atoms with E-state index in [9.17, 15) is 13.2 Å². The van der Waals surface area contributed by atoms with Crippen molar-refractivity contribution in [1.29, 1.82) is 0 Å². The summed E-state index contributed by atoms with van der Waals surface area (Å²) >= 11 is 0. The molecule has 1 aliphatic heterocycles. The third-order valence-electron chi connectivity index (χ3n) is 2.94. The fourth-order valence-electron chi connectivity index (χ4n) is 2.02.